The van der Waals surface area contributed by atoms with Gasteiger partial charge >= 0.3 is 0 Å². The Kier molecular flexibility index (Phi) is 4.80. The van der Waals surface area contributed by atoms with Crippen LogP contribution < -0.4 is 16.4 Å². The number of likely N-dealkylation sites (N-methyl/N-ethyl adjacent to an activating group) is 1. The molecule has 0 aromatic heterocycles. The van der Waals surface area contributed by atoms with E-state index in [4.69, 9.17) is 18.0 Å². The first-order valence-electron chi connectivity index (χ1n) is 4.70. The largest absolute Gasteiger partial charge is 0.376 e. The summed E-state index contributed by atoms with van der Waals surface area (Å²) in [6.07, 6.45) is 4.12. The average Bonchev–Trinajstić information content (AvgIpc) is 2.20. The summed E-state index contributed by atoms with van der Waals surface area (Å²) in [6, 6.07) is 7.90. The predicted molar refractivity (Wildman–Crippen MR) is 69.8 cm³/mol. The molecule has 3 nitrogen and oxygen atoms in total. The molecule has 0 aliphatic heterocycles. The molecular weight excluding hydrogens is 206 g/mol. The van der Waals surface area contributed by atoms with E-state index in [2.05, 4.69) is 22.8 Å². The van der Waals surface area contributed by atoms with E-state index in [1.807, 2.05) is 31.3 Å². The van der Waals surface area contributed by atoms with Crippen molar-refractivity contribution in [2.45, 2.75) is 0 Å². The van der Waals surface area contributed by atoms with Crippen LogP contribution in [-0.2, 0) is 0 Å². The first-order valence-corrected chi connectivity index (χ1v) is 5.11. The second-order valence-corrected chi connectivity index (χ2v) is 3.51. The fraction of sp³-hybridized carbons (Fsp3) is 0.182. The molecular formula is C11H15N3S. The van der Waals surface area contributed by atoms with Crippen molar-refractivity contribution in [2.24, 2.45) is 5.73 Å². The molecule has 1 aromatic rings. The van der Waals surface area contributed by atoms with Gasteiger partial charge in [0.2, 0.25) is 0 Å². The summed E-state index contributed by atoms with van der Waals surface area (Å²) in [7, 11) is 1.92. The van der Waals surface area contributed by atoms with Gasteiger partial charge in [-0.2, -0.15) is 0 Å². The maximum absolute atomic E-state index is 5.36. The minimum Gasteiger partial charge on any atom is -0.376 e. The molecule has 4 N–H and O–H groups in total. The molecule has 0 bridgehead atoms. The van der Waals surface area contributed by atoms with Gasteiger partial charge in [0.25, 0.3) is 0 Å². The lowest BCUT2D eigenvalue weighted by molar-refractivity contribution is 0.922. The topological polar surface area (TPSA) is 50.1 Å². The fourth-order valence-electron chi connectivity index (χ4n) is 1.13. The molecule has 4 heteroatoms. The SMILES string of the molecule is CNCC=Cc1ccc(NC(N)=S)cc1. The molecule has 15 heavy (non-hydrogen) atoms. The highest BCUT2D eigenvalue weighted by molar-refractivity contribution is 7.80. The molecule has 0 aliphatic rings. The van der Waals surface area contributed by atoms with Crippen LogP contribution in [0, 0.1) is 0 Å². The zero-order valence-electron chi connectivity index (χ0n) is 8.66. The Morgan fingerprint density at radius 3 is 2.60 bits per heavy atom. The number of nitrogens with two attached hydrogens (primary N) is 1. The van der Waals surface area contributed by atoms with Crippen molar-refractivity contribution < 1.29 is 0 Å². The Morgan fingerprint density at radius 1 is 1.40 bits per heavy atom. The first-order chi connectivity index (χ1) is 7.22. The lowest BCUT2D eigenvalue weighted by Gasteiger charge is -2.03. The summed E-state index contributed by atoms with van der Waals surface area (Å²) >= 11 is 4.74. The summed E-state index contributed by atoms with van der Waals surface area (Å²) in [5.74, 6) is 0. The van der Waals surface area contributed by atoms with Crippen LogP contribution in [0.3, 0.4) is 0 Å². The van der Waals surface area contributed by atoms with Gasteiger partial charge in [0.15, 0.2) is 5.11 Å². The number of hydrogen-bond donors (Lipinski definition) is 3. The van der Waals surface area contributed by atoms with Crippen LogP contribution >= 0.6 is 12.2 Å². The second kappa shape index (κ2) is 6.16. The van der Waals surface area contributed by atoms with E-state index in [9.17, 15) is 0 Å². The number of benzene rings is 1. The highest BCUT2D eigenvalue weighted by Crippen LogP contribution is 2.10. The third kappa shape index (κ3) is 4.58. The van der Waals surface area contributed by atoms with E-state index in [-0.39, 0.29) is 5.11 Å². The smallest absolute Gasteiger partial charge is 0.168 e. The molecule has 0 fully saturated rings. The molecule has 0 heterocycles. The molecule has 80 valence electrons. The molecule has 1 rings (SSSR count). The third-order valence-electron chi connectivity index (χ3n) is 1.81. The van der Waals surface area contributed by atoms with Crippen molar-refractivity contribution in [3.63, 3.8) is 0 Å². The van der Waals surface area contributed by atoms with Gasteiger partial charge in [0, 0.05) is 12.2 Å². The summed E-state index contributed by atoms with van der Waals surface area (Å²) in [4.78, 5) is 0. The number of thiocarbonyl (C=S) groups is 1. The normalized spacial score (nSPS) is 10.5. The van der Waals surface area contributed by atoms with Crippen LogP contribution in [0.5, 0.6) is 0 Å². The van der Waals surface area contributed by atoms with Crippen molar-refractivity contribution >= 4 is 29.1 Å². The van der Waals surface area contributed by atoms with Gasteiger partial charge in [-0.15, -0.1) is 0 Å². The summed E-state index contributed by atoms with van der Waals surface area (Å²) in [5.41, 5.74) is 7.42. The molecule has 0 unspecified atom stereocenters. The summed E-state index contributed by atoms with van der Waals surface area (Å²) in [5, 5.41) is 6.20. The molecule has 0 saturated heterocycles. The Hall–Kier alpha value is -1.39. The van der Waals surface area contributed by atoms with E-state index >= 15 is 0 Å². The predicted octanol–water partition coefficient (Wildman–Crippen LogP) is 1.57. The molecule has 0 radical (unpaired) electrons. The van der Waals surface area contributed by atoms with E-state index in [1.165, 1.54) is 0 Å². The minimum atomic E-state index is 0.286. The van der Waals surface area contributed by atoms with Gasteiger partial charge in [-0.05, 0) is 37.0 Å². The van der Waals surface area contributed by atoms with Gasteiger partial charge in [0.05, 0.1) is 0 Å². The van der Waals surface area contributed by atoms with Crippen molar-refractivity contribution in [1.29, 1.82) is 0 Å². The van der Waals surface area contributed by atoms with Crippen LogP contribution in [0.25, 0.3) is 6.08 Å². The maximum Gasteiger partial charge on any atom is 0.168 e. The van der Waals surface area contributed by atoms with Crippen LogP contribution in [0.4, 0.5) is 5.69 Å². The molecule has 0 atom stereocenters. The average molecular weight is 221 g/mol. The highest BCUT2D eigenvalue weighted by Gasteiger charge is 1.92. The van der Waals surface area contributed by atoms with Gasteiger partial charge in [-0.1, -0.05) is 24.3 Å². The van der Waals surface area contributed by atoms with Gasteiger partial charge < -0.3 is 16.4 Å². The molecule has 0 spiro atoms. The van der Waals surface area contributed by atoms with E-state index in [1.54, 1.807) is 0 Å². The fourth-order valence-corrected chi connectivity index (χ4v) is 1.25. The molecule has 0 aliphatic carbocycles. The molecule has 0 amide bonds. The quantitative estimate of drug-likeness (QED) is 0.676. The van der Waals surface area contributed by atoms with E-state index in [0.717, 1.165) is 17.8 Å². The van der Waals surface area contributed by atoms with Crippen LogP contribution in [0.1, 0.15) is 5.56 Å². The Labute approximate surface area is 95.4 Å². The molecule has 1 aromatic carbocycles. The monoisotopic (exact) mass is 221 g/mol. The van der Waals surface area contributed by atoms with Crippen molar-refractivity contribution in [2.75, 3.05) is 18.9 Å². The van der Waals surface area contributed by atoms with Crippen molar-refractivity contribution in [3.05, 3.63) is 35.9 Å². The van der Waals surface area contributed by atoms with Crippen molar-refractivity contribution in [1.82, 2.24) is 5.32 Å². The maximum atomic E-state index is 5.36. The van der Waals surface area contributed by atoms with Crippen molar-refractivity contribution in [3.8, 4) is 0 Å². The Morgan fingerprint density at radius 2 is 2.07 bits per heavy atom. The lowest BCUT2D eigenvalue weighted by Crippen LogP contribution is -2.18. The van der Waals surface area contributed by atoms with E-state index < -0.39 is 0 Å². The second-order valence-electron chi connectivity index (χ2n) is 3.07. The van der Waals surface area contributed by atoms with Gasteiger partial charge in [-0.3, -0.25) is 0 Å². The minimum absolute atomic E-state index is 0.286. The van der Waals surface area contributed by atoms with Crippen LogP contribution in [0.2, 0.25) is 0 Å². The number of anilines is 1. The number of rotatable bonds is 4. The van der Waals surface area contributed by atoms with Gasteiger partial charge in [0.1, 0.15) is 0 Å². The Bertz CT molecular complexity index is 343. The Balaban J connectivity index is 2.60. The highest BCUT2D eigenvalue weighted by atomic mass is 32.1. The first kappa shape index (κ1) is 11.7. The third-order valence-corrected chi connectivity index (χ3v) is 1.91. The zero-order valence-corrected chi connectivity index (χ0v) is 9.47. The standard InChI is InChI=1S/C11H15N3S/c1-13-8-2-3-9-4-6-10(7-5-9)14-11(12)15/h2-7,13H,8H2,1H3,(H3,12,14,15). The zero-order chi connectivity index (χ0) is 11.1. The summed E-state index contributed by atoms with van der Waals surface area (Å²) in [6.45, 7) is 0.868. The van der Waals surface area contributed by atoms with Gasteiger partial charge in [-0.25, -0.2) is 0 Å². The van der Waals surface area contributed by atoms with E-state index in [0.29, 0.717) is 0 Å². The number of hydrogen-bond acceptors (Lipinski definition) is 2. The number of nitrogens with one attached hydrogen (secondary N) is 2. The van der Waals surface area contributed by atoms with Crippen LogP contribution in [0.15, 0.2) is 30.3 Å². The molecule has 0 saturated carbocycles. The summed E-state index contributed by atoms with van der Waals surface area (Å²) < 4.78 is 0. The van der Waals surface area contributed by atoms with Crippen LogP contribution in [-0.4, -0.2) is 18.7 Å². The lowest BCUT2D eigenvalue weighted by atomic mass is 10.2.